The number of rotatable bonds is 5. The van der Waals surface area contributed by atoms with E-state index in [1.807, 2.05) is 0 Å². The zero-order valence-corrected chi connectivity index (χ0v) is 14.2. The van der Waals surface area contributed by atoms with E-state index >= 15 is 0 Å². The number of cyclic esters (lactones) is 1. The molecule has 3 heterocycles. The van der Waals surface area contributed by atoms with Gasteiger partial charge in [-0.05, 0) is 18.2 Å². The van der Waals surface area contributed by atoms with E-state index < -0.39 is 18.0 Å². The number of hydrogen-bond donors (Lipinski definition) is 0. The van der Waals surface area contributed by atoms with E-state index in [4.69, 9.17) is 4.74 Å². The maximum Gasteiger partial charge on any atom is 0.414 e. The molecule has 0 saturated carbocycles. The summed E-state index contributed by atoms with van der Waals surface area (Å²) in [6.45, 7) is 1.45. The summed E-state index contributed by atoms with van der Waals surface area (Å²) < 4.78 is 21.5. The Balaban J connectivity index is 1.47. The van der Waals surface area contributed by atoms with Crippen LogP contribution in [0.25, 0.3) is 0 Å². The number of hydrogen-bond acceptors (Lipinski definition) is 7. The van der Waals surface area contributed by atoms with E-state index in [2.05, 4.69) is 15.4 Å². The van der Waals surface area contributed by atoms with Gasteiger partial charge in [-0.25, -0.2) is 18.9 Å². The maximum atomic E-state index is 14.6. The molecule has 2 aliphatic rings. The van der Waals surface area contributed by atoms with Crippen LogP contribution in [0, 0.1) is 5.82 Å². The largest absolute Gasteiger partial charge is 0.442 e. The van der Waals surface area contributed by atoms with Crippen LogP contribution < -0.4 is 9.80 Å². The summed E-state index contributed by atoms with van der Waals surface area (Å²) in [6, 6.07) is 4.51. The zero-order valence-electron chi connectivity index (χ0n) is 14.2. The number of aromatic nitrogens is 3. The number of benzene rings is 1. The second kappa shape index (κ2) is 7.02. The fourth-order valence-corrected chi connectivity index (χ4v) is 2.98. The van der Waals surface area contributed by atoms with Gasteiger partial charge in [-0.3, -0.25) is 9.69 Å². The number of amides is 2. The number of carbonyl (C=O) groups is 2. The van der Waals surface area contributed by atoms with Crippen LogP contribution in [0.2, 0.25) is 0 Å². The van der Waals surface area contributed by atoms with Crippen LogP contribution in [0.4, 0.5) is 20.6 Å². The average Bonchev–Trinajstić information content (AvgIpc) is 3.31. The Morgan fingerprint density at radius 3 is 2.89 bits per heavy atom. The van der Waals surface area contributed by atoms with Crippen LogP contribution in [0.1, 0.15) is 0 Å². The molecule has 1 fully saturated rings. The minimum absolute atomic E-state index is 0.289. The van der Waals surface area contributed by atoms with Crippen molar-refractivity contribution in [3.05, 3.63) is 36.4 Å². The summed E-state index contributed by atoms with van der Waals surface area (Å²) in [4.78, 5) is 25.8. The van der Waals surface area contributed by atoms with Crippen LogP contribution >= 0.6 is 0 Å². The van der Waals surface area contributed by atoms with Gasteiger partial charge in [-0.1, -0.05) is 5.21 Å². The summed E-state index contributed by atoms with van der Waals surface area (Å²) in [7, 11) is 0. The van der Waals surface area contributed by atoms with E-state index in [0.29, 0.717) is 37.4 Å². The Morgan fingerprint density at radius 1 is 1.33 bits per heavy atom. The van der Waals surface area contributed by atoms with Crippen molar-refractivity contribution >= 4 is 30.2 Å². The molecule has 2 amide bonds. The molecule has 0 aliphatic carbocycles. The van der Waals surface area contributed by atoms with Crippen molar-refractivity contribution in [1.29, 1.82) is 0 Å². The lowest BCUT2D eigenvalue weighted by atomic mass is 10.2. The van der Waals surface area contributed by atoms with Crippen molar-refractivity contribution in [2.45, 2.75) is 12.6 Å². The van der Waals surface area contributed by atoms with Gasteiger partial charge in [0.15, 0.2) is 0 Å². The second-order valence-corrected chi connectivity index (χ2v) is 6.07. The molecule has 4 rings (SSSR count). The van der Waals surface area contributed by atoms with Crippen molar-refractivity contribution in [2.24, 2.45) is 5.10 Å². The van der Waals surface area contributed by atoms with Gasteiger partial charge in [0.25, 0.3) is 0 Å². The van der Waals surface area contributed by atoms with Gasteiger partial charge < -0.3 is 9.64 Å². The van der Waals surface area contributed by atoms with Crippen molar-refractivity contribution < 1.29 is 18.7 Å². The highest BCUT2D eigenvalue weighted by Crippen LogP contribution is 2.28. The molecule has 0 spiro atoms. The van der Waals surface area contributed by atoms with Gasteiger partial charge in [0, 0.05) is 12.7 Å². The topological polar surface area (TPSA) is 96.2 Å². The van der Waals surface area contributed by atoms with Crippen LogP contribution in [-0.2, 0) is 16.1 Å². The van der Waals surface area contributed by atoms with Crippen molar-refractivity contribution in [1.82, 2.24) is 20.0 Å². The molecule has 140 valence electrons. The van der Waals surface area contributed by atoms with E-state index in [-0.39, 0.29) is 6.54 Å². The fourth-order valence-electron chi connectivity index (χ4n) is 2.98. The van der Waals surface area contributed by atoms with E-state index in [1.54, 1.807) is 34.1 Å². The molecule has 0 N–H and O–H groups in total. The Bertz CT molecular complexity index is 873. The monoisotopic (exact) mass is 373 g/mol. The normalized spacial score (nSPS) is 19.5. The Kier molecular flexibility index (Phi) is 4.40. The first-order valence-corrected chi connectivity index (χ1v) is 8.28. The highest BCUT2D eigenvalue weighted by Gasteiger charge is 2.33. The Hall–Kier alpha value is -3.50. The summed E-state index contributed by atoms with van der Waals surface area (Å²) in [6.07, 6.45) is 4.30. The molecule has 27 heavy (non-hydrogen) atoms. The van der Waals surface area contributed by atoms with Gasteiger partial charge in [-0.15, -0.1) is 5.10 Å². The molecule has 2 aromatic rings. The minimum atomic E-state index is -0.534. The molecule has 1 saturated heterocycles. The average molecular weight is 373 g/mol. The van der Waals surface area contributed by atoms with Gasteiger partial charge >= 0.3 is 6.09 Å². The molecule has 1 atom stereocenters. The quantitative estimate of drug-likeness (QED) is 0.715. The molecular weight excluding hydrogens is 357 g/mol. The molecule has 1 aromatic heterocycles. The van der Waals surface area contributed by atoms with E-state index in [0.717, 1.165) is 0 Å². The van der Waals surface area contributed by atoms with Crippen molar-refractivity contribution in [2.75, 3.05) is 29.4 Å². The number of anilines is 2. The second-order valence-electron chi connectivity index (χ2n) is 6.07. The van der Waals surface area contributed by atoms with Gasteiger partial charge in [-0.2, -0.15) is 5.10 Å². The first kappa shape index (κ1) is 16.9. The first-order valence-electron chi connectivity index (χ1n) is 8.28. The highest BCUT2D eigenvalue weighted by atomic mass is 19.1. The number of ether oxygens (including phenoxy) is 1. The first-order chi connectivity index (χ1) is 13.1. The lowest BCUT2D eigenvalue weighted by Crippen LogP contribution is -2.37. The zero-order chi connectivity index (χ0) is 18.8. The van der Waals surface area contributed by atoms with Crippen molar-refractivity contribution in [3.8, 4) is 0 Å². The molecule has 0 unspecified atom stereocenters. The number of halogens is 1. The van der Waals surface area contributed by atoms with Gasteiger partial charge in [0.2, 0.25) is 6.41 Å². The standard InChI is InChI=1S/C16H16FN7O3/c17-14-7-12(1-2-15(14)21-5-6-23(11-25)19-10-21)24-9-13(27-16(24)26)8-22-4-3-18-20-22/h1-4,7,10-11,13H,5-6,8-9H2/t13-/m0/s1. The lowest BCUT2D eigenvalue weighted by Gasteiger charge is -2.27. The van der Waals surface area contributed by atoms with Gasteiger partial charge in [0.1, 0.15) is 18.3 Å². The number of nitrogens with zero attached hydrogens (tertiary/aromatic N) is 7. The minimum Gasteiger partial charge on any atom is -0.442 e. The fraction of sp³-hybridized carbons (Fsp3) is 0.312. The molecule has 11 heteroatoms. The van der Waals surface area contributed by atoms with E-state index in [1.165, 1.54) is 22.3 Å². The van der Waals surface area contributed by atoms with Gasteiger partial charge in [0.05, 0.1) is 37.2 Å². The third-order valence-corrected chi connectivity index (χ3v) is 4.32. The maximum absolute atomic E-state index is 14.6. The van der Waals surface area contributed by atoms with Crippen LogP contribution in [0.5, 0.6) is 0 Å². The van der Waals surface area contributed by atoms with Crippen LogP contribution in [0.3, 0.4) is 0 Å². The molecule has 1 aromatic carbocycles. The number of carbonyl (C=O) groups excluding carboxylic acids is 2. The lowest BCUT2D eigenvalue weighted by molar-refractivity contribution is -0.118. The highest BCUT2D eigenvalue weighted by molar-refractivity contribution is 5.90. The molecule has 10 nitrogen and oxygen atoms in total. The van der Waals surface area contributed by atoms with E-state index in [9.17, 15) is 14.0 Å². The van der Waals surface area contributed by atoms with Crippen LogP contribution in [0.15, 0.2) is 35.7 Å². The third-order valence-electron chi connectivity index (χ3n) is 4.32. The summed E-state index contributed by atoms with van der Waals surface area (Å²) in [5.74, 6) is -0.494. The number of hydrazone groups is 1. The predicted molar refractivity (Wildman–Crippen MR) is 92.6 cm³/mol. The molecule has 2 aliphatic heterocycles. The molecular formula is C16H16FN7O3. The molecule has 0 bridgehead atoms. The summed E-state index contributed by atoms with van der Waals surface area (Å²) in [5.41, 5.74) is 0.727. The molecule has 0 radical (unpaired) electrons. The third kappa shape index (κ3) is 3.43. The summed E-state index contributed by atoms with van der Waals surface area (Å²) in [5, 5.41) is 12.7. The predicted octanol–water partition coefficient (Wildman–Crippen LogP) is 0.664. The SMILES string of the molecule is O=CN1CCN(c2ccc(N3C[C@H](Cn4ccnn4)OC3=O)cc2F)C=N1. The Morgan fingerprint density at radius 2 is 2.22 bits per heavy atom. The van der Waals surface area contributed by atoms with Crippen molar-refractivity contribution in [3.63, 3.8) is 0 Å². The Labute approximate surface area is 153 Å². The summed E-state index contributed by atoms with van der Waals surface area (Å²) >= 11 is 0. The smallest absolute Gasteiger partial charge is 0.414 e. The van der Waals surface area contributed by atoms with Crippen LogP contribution in [-0.4, -0.2) is 64.6 Å².